The van der Waals surface area contributed by atoms with Crippen molar-refractivity contribution in [3.8, 4) is 0 Å². The van der Waals surface area contributed by atoms with Crippen molar-refractivity contribution in [3.05, 3.63) is 0 Å². The summed E-state index contributed by atoms with van der Waals surface area (Å²) in [5.74, 6) is -1.05. The van der Waals surface area contributed by atoms with Gasteiger partial charge in [-0.25, -0.2) is 4.79 Å². The van der Waals surface area contributed by atoms with Gasteiger partial charge in [0, 0.05) is 13.5 Å². The second-order valence-corrected chi connectivity index (χ2v) is 4.38. The first-order valence-corrected chi connectivity index (χ1v) is 5.19. The lowest BCUT2D eigenvalue weighted by atomic mass is 9.78. The normalized spacial score (nSPS) is 28.6. The number of amides is 1. The molecule has 1 saturated heterocycles. The molecular formula is C10H15NO4. The van der Waals surface area contributed by atoms with Crippen molar-refractivity contribution < 1.29 is 19.4 Å². The van der Waals surface area contributed by atoms with Gasteiger partial charge in [0.15, 0.2) is 6.10 Å². The van der Waals surface area contributed by atoms with Crippen molar-refractivity contribution in [2.75, 3.05) is 13.1 Å². The maximum absolute atomic E-state index is 11.3. The Labute approximate surface area is 88.0 Å². The van der Waals surface area contributed by atoms with Gasteiger partial charge < -0.3 is 14.7 Å². The van der Waals surface area contributed by atoms with Crippen LogP contribution in [0.3, 0.4) is 0 Å². The fourth-order valence-corrected chi connectivity index (χ4v) is 2.20. The van der Waals surface area contributed by atoms with Gasteiger partial charge in [0.2, 0.25) is 5.91 Å². The van der Waals surface area contributed by atoms with Crippen molar-refractivity contribution in [1.82, 2.24) is 4.90 Å². The Morgan fingerprint density at radius 2 is 2.13 bits per heavy atom. The third kappa shape index (κ3) is 1.84. The summed E-state index contributed by atoms with van der Waals surface area (Å²) in [6.07, 6.45) is 1.92. The molecule has 1 aliphatic heterocycles. The molecule has 1 atom stereocenters. The third-order valence-electron chi connectivity index (χ3n) is 3.24. The number of carboxylic acid groups (broad SMARTS) is 1. The minimum atomic E-state index is -0.979. The summed E-state index contributed by atoms with van der Waals surface area (Å²) in [5, 5.41) is 8.93. The van der Waals surface area contributed by atoms with Crippen molar-refractivity contribution in [2.24, 2.45) is 0 Å². The zero-order valence-electron chi connectivity index (χ0n) is 8.73. The summed E-state index contributed by atoms with van der Waals surface area (Å²) in [4.78, 5) is 23.7. The van der Waals surface area contributed by atoms with Crippen LogP contribution in [0.4, 0.5) is 0 Å². The van der Waals surface area contributed by atoms with Crippen LogP contribution in [0.5, 0.6) is 0 Å². The van der Waals surface area contributed by atoms with Crippen LogP contribution < -0.4 is 0 Å². The number of carboxylic acids is 1. The highest BCUT2D eigenvalue weighted by Crippen LogP contribution is 2.39. The maximum atomic E-state index is 11.3. The Kier molecular flexibility index (Phi) is 2.42. The molecule has 1 N–H and O–H groups in total. The Bertz CT molecular complexity index is 274. The molecule has 5 nitrogen and oxygen atoms in total. The van der Waals surface area contributed by atoms with Crippen LogP contribution >= 0.6 is 0 Å². The summed E-state index contributed by atoms with van der Waals surface area (Å²) in [5.41, 5.74) is -0.368. The molecule has 1 saturated carbocycles. The lowest BCUT2D eigenvalue weighted by molar-refractivity contribution is -0.205. The lowest BCUT2D eigenvalue weighted by Crippen LogP contribution is -2.61. The Hall–Kier alpha value is -1.10. The highest BCUT2D eigenvalue weighted by atomic mass is 16.5. The smallest absolute Gasteiger partial charge is 0.334 e. The monoisotopic (exact) mass is 213 g/mol. The molecule has 2 fully saturated rings. The number of carbonyl (C=O) groups is 2. The van der Waals surface area contributed by atoms with Crippen molar-refractivity contribution in [1.29, 1.82) is 0 Å². The summed E-state index contributed by atoms with van der Waals surface area (Å²) in [6.45, 7) is 2.19. The standard InChI is InChI=1S/C10H15NO4/c1-7(12)11-5-8(9(13)14)15-10(6-11)3-2-4-10/h8H,2-6H2,1H3,(H,13,14). The van der Waals surface area contributed by atoms with Gasteiger partial charge in [-0.2, -0.15) is 0 Å². The van der Waals surface area contributed by atoms with Crippen LogP contribution in [0.2, 0.25) is 0 Å². The minimum Gasteiger partial charge on any atom is -0.479 e. The van der Waals surface area contributed by atoms with Gasteiger partial charge in [0.1, 0.15) is 0 Å². The van der Waals surface area contributed by atoms with Gasteiger partial charge in [-0.05, 0) is 19.3 Å². The third-order valence-corrected chi connectivity index (χ3v) is 3.24. The molecule has 5 heteroatoms. The fourth-order valence-electron chi connectivity index (χ4n) is 2.20. The molecule has 84 valence electrons. The van der Waals surface area contributed by atoms with Crippen LogP contribution in [0.1, 0.15) is 26.2 Å². The minimum absolute atomic E-state index is 0.0733. The number of rotatable bonds is 1. The van der Waals surface area contributed by atoms with Crippen molar-refractivity contribution in [3.63, 3.8) is 0 Å². The Morgan fingerprint density at radius 3 is 2.53 bits per heavy atom. The van der Waals surface area contributed by atoms with Crippen molar-refractivity contribution >= 4 is 11.9 Å². The van der Waals surface area contributed by atoms with E-state index in [-0.39, 0.29) is 18.1 Å². The van der Waals surface area contributed by atoms with E-state index in [4.69, 9.17) is 9.84 Å². The largest absolute Gasteiger partial charge is 0.479 e. The van der Waals surface area contributed by atoms with Crippen LogP contribution in [0.15, 0.2) is 0 Å². The maximum Gasteiger partial charge on any atom is 0.334 e. The summed E-state index contributed by atoms with van der Waals surface area (Å²) in [7, 11) is 0. The molecule has 1 spiro atoms. The number of aliphatic carboxylic acids is 1. The number of morpholine rings is 1. The first kappa shape index (κ1) is 10.4. The highest BCUT2D eigenvalue weighted by Gasteiger charge is 2.47. The van der Waals surface area contributed by atoms with Gasteiger partial charge in [-0.3, -0.25) is 4.79 Å². The van der Waals surface area contributed by atoms with Gasteiger partial charge in [-0.15, -0.1) is 0 Å². The molecule has 0 radical (unpaired) electrons. The Morgan fingerprint density at radius 1 is 1.47 bits per heavy atom. The molecule has 2 aliphatic rings. The number of nitrogens with zero attached hydrogens (tertiary/aromatic N) is 1. The molecule has 1 unspecified atom stereocenters. The topological polar surface area (TPSA) is 66.8 Å². The zero-order valence-corrected chi connectivity index (χ0v) is 8.73. The zero-order chi connectivity index (χ0) is 11.1. The molecule has 0 aromatic rings. The van der Waals surface area contributed by atoms with Crippen LogP contribution in [0.25, 0.3) is 0 Å². The SMILES string of the molecule is CC(=O)N1CC(C(=O)O)OC2(CCC2)C1. The quantitative estimate of drug-likeness (QED) is 0.677. The van der Waals surface area contributed by atoms with E-state index in [1.165, 1.54) is 6.92 Å². The van der Waals surface area contributed by atoms with E-state index in [0.717, 1.165) is 19.3 Å². The average Bonchev–Trinajstić information content (AvgIpc) is 2.14. The van der Waals surface area contributed by atoms with E-state index >= 15 is 0 Å². The predicted octanol–water partition coefficient (Wildman–Crippen LogP) is 0.241. The molecule has 1 aliphatic carbocycles. The van der Waals surface area contributed by atoms with E-state index in [2.05, 4.69) is 0 Å². The van der Waals surface area contributed by atoms with Gasteiger partial charge >= 0.3 is 5.97 Å². The summed E-state index contributed by atoms with van der Waals surface area (Å²) in [6, 6.07) is 0. The fraction of sp³-hybridized carbons (Fsp3) is 0.800. The van der Waals surface area contributed by atoms with Crippen LogP contribution in [0, 0.1) is 0 Å². The van der Waals surface area contributed by atoms with E-state index < -0.39 is 12.1 Å². The van der Waals surface area contributed by atoms with E-state index in [1.54, 1.807) is 4.90 Å². The van der Waals surface area contributed by atoms with Crippen molar-refractivity contribution in [2.45, 2.75) is 37.9 Å². The van der Waals surface area contributed by atoms with E-state index in [1.807, 2.05) is 0 Å². The van der Waals surface area contributed by atoms with E-state index in [0.29, 0.717) is 6.54 Å². The predicted molar refractivity (Wildman–Crippen MR) is 51.3 cm³/mol. The second-order valence-electron chi connectivity index (χ2n) is 4.38. The van der Waals surface area contributed by atoms with Gasteiger partial charge in [0.25, 0.3) is 0 Å². The molecule has 2 rings (SSSR count). The molecule has 0 aromatic carbocycles. The van der Waals surface area contributed by atoms with Crippen LogP contribution in [-0.2, 0) is 14.3 Å². The Balaban J connectivity index is 2.11. The molecule has 0 aromatic heterocycles. The lowest BCUT2D eigenvalue weighted by Gasteiger charge is -2.50. The number of ether oxygens (including phenoxy) is 1. The first-order valence-electron chi connectivity index (χ1n) is 5.19. The second kappa shape index (κ2) is 3.48. The van der Waals surface area contributed by atoms with Gasteiger partial charge in [0.05, 0.1) is 12.1 Å². The average molecular weight is 213 g/mol. The molecule has 1 amide bonds. The number of carbonyl (C=O) groups excluding carboxylic acids is 1. The summed E-state index contributed by atoms with van der Waals surface area (Å²) < 4.78 is 5.56. The molecule has 0 bridgehead atoms. The molecule has 15 heavy (non-hydrogen) atoms. The molecule has 1 heterocycles. The highest BCUT2D eigenvalue weighted by molar-refractivity contribution is 5.77. The van der Waals surface area contributed by atoms with Crippen LogP contribution in [-0.4, -0.2) is 46.7 Å². The first-order chi connectivity index (χ1) is 7.02. The number of hydrogen-bond donors (Lipinski definition) is 1. The van der Waals surface area contributed by atoms with E-state index in [9.17, 15) is 9.59 Å². The van der Waals surface area contributed by atoms with Gasteiger partial charge in [-0.1, -0.05) is 0 Å². The molecular weight excluding hydrogens is 198 g/mol. The summed E-state index contributed by atoms with van der Waals surface area (Å²) >= 11 is 0. The number of hydrogen-bond acceptors (Lipinski definition) is 3.